The summed E-state index contributed by atoms with van der Waals surface area (Å²) in [5.74, 6) is 0. The minimum absolute atomic E-state index is 0.521. The summed E-state index contributed by atoms with van der Waals surface area (Å²) >= 11 is 3.74. The molecule has 0 radical (unpaired) electrons. The predicted octanol–water partition coefficient (Wildman–Crippen LogP) is 3.17. The summed E-state index contributed by atoms with van der Waals surface area (Å²) in [6, 6.07) is 14.7. The van der Waals surface area contributed by atoms with Gasteiger partial charge in [-0.25, -0.2) is 0 Å². The molecule has 0 aliphatic heterocycles. The van der Waals surface area contributed by atoms with Gasteiger partial charge >= 0.3 is 5.27 Å². The highest BCUT2D eigenvalue weighted by atomic mass is 32.2. The van der Waals surface area contributed by atoms with Crippen molar-refractivity contribution in [3.05, 3.63) is 48.7 Å². The van der Waals surface area contributed by atoms with E-state index in [1.165, 1.54) is 11.0 Å². The van der Waals surface area contributed by atoms with Gasteiger partial charge in [0.25, 0.3) is 0 Å². The van der Waals surface area contributed by atoms with Gasteiger partial charge in [-0.15, -0.1) is 0 Å². The molecule has 0 aliphatic rings. The van der Waals surface area contributed by atoms with Crippen LogP contribution in [0.25, 0.3) is 11.3 Å². The topological polar surface area (TPSA) is 12.9 Å². The van der Waals surface area contributed by atoms with E-state index < -0.39 is 0 Å². The second-order valence-corrected chi connectivity index (χ2v) is 5.82. The molecule has 1 nitrogen and oxygen atoms in total. The highest BCUT2D eigenvalue weighted by molar-refractivity contribution is 8.55. The molecule has 1 heterocycles. The molecule has 0 atom stereocenters. The first-order chi connectivity index (χ1) is 8.35. The highest BCUT2D eigenvalue weighted by Gasteiger charge is 2.13. The Hall–Kier alpha value is -0.865. The Labute approximate surface area is 111 Å². The summed E-state index contributed by atoms with van der Waals surface area (Å²) in [4.78, 5) is 4.35. The number of hydrogen-bond donors (Lipinski definition) is 0. The van der Waals surface area contributed by atoms with E-state index in [2.05, 4.69) is 41.8 Å². The maximum Gasteiger partial charge on any atom is 0.307 e. The molecule has 2 aromatic rings. The zero-order chi connectivity index (χ0) is 12.1. The monoisotopic (exact) mass is 259 g/mol. The molecule has 0 aliphatic carbocycles. The fourth-order valence-corrected chi connectivity index (χ4v) is 3.34. The number of hydrogen-bond acceptors (Lipinski definition) is 3. The molecule has 1 aromatic heterocycles. The van der Waals surface area contributed by atoms with Gasteiger partial charge in [0.2, 0.25) is 0 Å². The van der Waals surface area contributed by atoms with Crippen molar-refractivity contribution in [2.24, 2.45) is 0 Å². The van der Waals surface area contributed by atoms with Crippen LogP contribution in [0.3, 0.4) is 0 Å². The quantitative estimate of drug-likeness (QED) is 0.783. The molecule has 0 N–H and O–H groups in total. The molecule has 0 spiro atoms. The Balaban J connectivity index is 2.24. The maximum atomic E-state index is 4.35. The van der Waals surface area contributed by atoms with E-state index >= 15 is 0 Å². The van der Waals surface area contributed by atoms with Crippen LogP contribution in [0.4, 0.5) is 0 Å². The first kappa shape index (κ1) is 12.6. The minimum Gasteiger partial charge on any atom is -0.256 e. The summed E-state index contributed by atoms with van der Waals surface area (Å²) in [6.45, 7) is 0. The lowest BCUT2D eigenvalue weighted by atomic mass is 9.91. The zero-order valence-electron chi connectivity index (χ0n) is 9.96. The van der Waals surface area contributed by atoms with Gasteiger partial charge in [0.1, 0.15) is 0 Å². The van der Waals surface area contributed by atoms with Crippen LogP contribution in [0.15, 0.2) is 48.7 Å². The van der Waals surface area contributed by atoms with Gasteiger partial charge in [0.15, 0.2) is 0 Å². The van der Waals surface area contributed by atoms with Crippen molar-refractivity contribution >= 4 is 34.0 Å². The SMILES string of the molecule is CSB(SC)c1ccc(-c2ccccn2)cc1. The minimum atomic E-state index is 0.521. The molecular weight excluding hydrogens is 245 g/mol. The number of benzene rings is 1. The van der Waals surface area contributed by atoms with Crippen LogP contribution in [-0.4, -0.2) is 22.8 Å². The first-order valence-corrected chi connectivity index (χ1v) is 7.99. The molecule has 0 amide bonds. The third-order valence-electron chi connectivity index (χ3n) is 2.57. The maximum absolute atomic E-state index is 4.35. The van der Waals surface area contributed by atoms with Crippen molar-refractivity contribution in [1.29, 1.82) is 0 Å². The second kappa shape index (κ2) is 6.17. The van der Waals surface area contributed by atoms with E-state index in [4.69, 9.17) is 0 Å². The van der Waals surface area contributed by atoms with E-state index in [9.17, 15) is 0 Å². The molecule has 2 rings (SSSR count). The Bertz CT molecular complexity index is 455. The number of pyridine rings is 1. The van der Waals surface area contributed by atoms with Crippen molar-refractivity contribution in [1.82, 2.24) is 4.98 Å². The largest absolute Gasteiger partial charge is 0.307 e. The van der Waals surface area contributed by atoms with E-state index in [0.29, 0.717) is 5.27 Å². The van der Waals surface area contributed by atoms with Crippen LogP contribution in [-0.2, 0) is 0 Å². The molecule has 17 heavy (non-hydrogen) atoms. The molecule has 1 aromatic carbocycles. The molecule has 0 fully saturated rings. The third kappa shape index (κ3) is 3.08. The van der Waals surface area contributed by atoms with Crippen molar-refractivity contribution in [3.63, 3.8) is 0 Å². The van der Waals surface area contributed by atoms with Gasteiger partial charge in [-0.3, -0.25) is 4.98 Å². The van der Waals surface area contributed by atoms with Crippen LogP contribution in [0, 0.1) is 0 Å². The van der Waals surface area contributed by atoms with Crippen molar-refractivity contribution < 1.29 is 0 Å². The Morgan fingerprint density at radius 2 is 1.65 bits per heavy atom. The summed E-state index contributed by atoms with van der Waals surface area (Å²) < 4.78 is 0. The second-order valence-electron chi connectivity index (χ2n) is 3.64. The Morgan fingerprint density at radius 3 is 2.18 bits per heavy atom. The standard InChI is InChI=1S/C13H14BNS2/c1-16-14(17-2)12-8-6-11(7-9-12)13-5-3-4-10-15-13/h3-10H,1-2H3. The fraction of sp³-hybridized carbons (Fsp3) is 0.154. The van der Waals surface area contributed by atoms with Gasteiger partial charge < -0.3 is 0 Å². The van der Waals surface area contributed by atoms with Crippen molar-refractivity contribution in [2.75, 3.05) is 12.5 Å². The normalized spacial score (nSPS) is 10.2. The van der Waals surface area contributed by atoms with Crippen LogP contribution in [0.2, 0.25) is 0 Å². The number of aromatic nitrogens is 1. The molecule has 0 saturated carbocycles. The average molecular weight is 259 g/mol. The predicted molar refractivity (Wildman–Crippen MR) is 82.1 cm³/mol. The molecule has 4 heteroatoms. The summed E-state index contributed by atoms with van der Waals surface area (Å²) in [6.07, 6.45) is 6.12. The number of nitrogens with zero attached hydrogens (tertiary/aromatic N) is 1. The molecule has 0 bridgehead atoms. The third-order valence-corrected chi connectivity index (χ3v) is 5.13. The van der Waals surface area contributed by atoms with Gasteiger partial charge in [-0.1, -0.05) is 35.8 Å². The lowest BCUT2D eigenvalue weighted by molar-refractivity contribution is 1.33. The van der Waals surface area contributed by atoms with E-state index in [1.54, 1.807) is 0 Å². The Morgan fingerprint density at radius 1 is 0.941 bits per heavy atom. The number of rotatable bonds is 4. The van der Waals surface area contributed by atoms with E-state index in [0.717, 1.165) is 5.69 Å². The van der Waals surface area contributed by atoms with E-state index in [-0.39, 0.29) is 0 Å². The fourth-order valence-electron chi connectivity index (χ4n) is 1.71. The van der Waals surface area contributed by atoms with E-state index in [1.807, 2.05) is 47.6 Å². The van der Waals surface area contributed by atoms with Crippen LogP contribution >= 0.6 is 23.2 Å². The van der Waals surface area contributed by atoms with Gasteiger partial charge in [0, 0.05) is 11.8 Å². The van der Waals surface area contributed by atoms with Gasteiger partial charge in [0.05, 0.1) is 5.69 Å². The van der Waals surface area contributed by atoms with Gasteiger partial charge in [-0.05, 0) is 24.6 Å². The molecule has 0 unspecified atom stereocenters. The van der Waals surface area contributed by atoms with Crippen molar-refractivity contribution in [3.8, 4) is 11.3 Å². The lowest BCUT2D eigenvalue weighted by Crippen LogP contribution is -2.22. The summed E-state index contributed by atoms with van der Waals surface area (Å²) in [5, 5.41) is 0.521. The smallest absolute Gasteiger partial charge is 0.256 e. The van der Waals surface area contributed by atoms with Crippen LogP contribution in [0.1, 0.15) is 0 Å². The molecule has 86 valence electrons. The summed E-state index contributed by atoms with van der Waals surface area (Å²) in [5.41, 5.74) is 3.57. The van der Waals surface area contributed by atoms with Crippen LogP contribution in [0.5, 0.6) is 0 Å². The Kier molecular flexibility index (Phi) is 4.57. The zero-order valence-corrected chi connectivity index (χ0v) is 11.6. The summed E-state index contributed by atoms with van der Waals surface area (Å²) in [7, 11) is 0. The van der Waals surface area contributed by atoms with Crippen molar-refractivity contribution in [2.45, 2.75) is 0 Å². The lowest BCUT2D eigenvalue weighted by Gasteiger charge is -2.08. The average Bonchev–Trinajstić information content (AvgIpc) is 2.42. The highest BCUT2D eigenvalue weighted by Crippen LogP contribution is 2.18. The van der Waals surface area contributed by atoms with Gasteiger partial charge in [-0.2, -0.15) is 23.2 Å². The molecule has 0 saturated heterocycles. The first-order valence-electron chi connectivity index (χ1n) is 5.42. The van der Waals surface area contributed by atoms with Crippen LogP contribution < -0.4 is 5.46 Å². The molecular formula is C13H14BNS2.